The Morgan fingerprint density at radius 2 is 1.50 bits per heavy atom. The van der Waals surface area contributed by atoms with Crippen LogP contribution in [-0.2, 0) is 4.79 Å². The molecule has 1 amide bonds. The molecule has 5 heteroatoms. The summed E-state index contributed by atoms with van der Waals surface area (Å²) in [6, 6.07) is 25.1. The summed E-state index contributed by atoms with van der Waals surface area (Å²) in [5.74, 6) is 1.07. The molecule has 0 aromatic heterocycles. The van der Waals surface area contributed by atoms with Crippen molar-refractivity contribution in [2.24, 2.45) is 5.10 Å². The normalized spacial score (nSPS) is 11.8. The molecule has 0 bridgehead atoms. The molecule has 0 radical (unpaired) electrons. The highest BCUT2D eigenvalue weighted by Crippen LogP contribution is 2.22. The number of ether oxygens (including phenoxy) is 2. The predicted octanol–water partition coefficient (Wildman–Crippen LogP) is 4.28. The largest absolute Gasteiger partial charge is 0.497 e. The first-order chi connectivity index (χ1) is 13.7. The Bertz CT molecular complexity index is 920. The first kappa shape index (κ1) is 19.2. The molecular formula is C23H22N2O3. The topological polar surface area (TPSA) is 59.9 Å². The van der Waals surface area contributed by atoms with Crippen LogP contribution in [-0.4, -0.2) is 25.3 Å². The Balaban J connectivity index is 1.52. The summed E-state index contributed by atoms with van der Waals surface area (Å²) in [5.41, 5.74) is 5.57. The fraction of sp³-hybridized carbons (Fsp3) is 0.130. The molecule has 3 rings (SSSR count). The van der Waals surface area contributed by atoms with Gasteiger partial charge in [-0.1, -0.05) is 42.5 Å². The number of benzene rings is 3. The van der Waals surface area contributed by atoms with Gasteiger partial charge in [0.25, 0.3) is 5.91 Å². The fourth-order valence-electron chi connectivity index (χ4n) is 2.57. The van der Waals surface area contributed by atoms with Crippen LogP contribution < -0.4 is 14.9 Å². The summed E-state index contributed by atoms with van der Waals surface area (Å²) < 4.78 is 10.8. The molecule has 3 aromatic carbocycles. The standard InChI is InChI=1S/C23H22N2O3/c1-17(23(26)25-24-16-18-8-12-21(27-2)13-9-18)28-22-14-10-20(11-15-22)19-6-4-3-5-7-19/h3-17H,1-2H3,(H,25,26). The Morgan fingerprint density at radius 3 is 2.14 bits per heavy atom. The van der Waals surface area contributed by atoms with Gasteiger partial charge in [-0.25, -0.2) is 5.43 Å². The lowest BCUT2D eigenvalue weighted by molar-refractivity contribution is -0.127. The zero-order chi connectivity index (χ0) is 19.8. The zero-order valence-corrected chi connectivity index (χ0v) is 15.8. The van der Waals surface area contributed by atoms with E-state index in [4.69, 9.17) is 9.47 Å². The molecule has 0 spiro atoms. The number of nitrogens with zero attached hydrogens (tertiary/aromatic N) is 1. The molecule has 1 N–H and O–H groups in total. The van der Waals surface area contributed by atoms with Crippen LogP contribution in [0.1, 0.15) is 12.5 Å². The molecule has 3 aromatic rings. The van der Waals surface area contributed by atoms with Crippen LogP contribution >= 0.6 is 0 Å². The van der Waals surface area contributed by atoms with E-state index >= 15 is 0 Å². The van der Waals surface area contributed by atoms with Gasteiger partial charge in [-0.05, 0) is 60.0 Å². The quantitative estimate of drug-likeness (QED) is 0.496. The molecular weight excluding hydrogens is 352 g/mol. The Kier molecular flexibility index (Phi) is 6.41. The zero-order valence-electron chi connectivity index (χ0n) is 15.8. The first-order valence-corrected chi connectivity index (χ1v) is 8.95. The first-order valence-electron chi connectivity index (χ1n) is 8.95. The van der Waals surface area contributed by atoms with Crippen molar-refractivity contribution in [1.29, 1.82) is 0 Å². The lowest BCUT2D eigenvalue weighted by Gasteiger charge is -2.13. The van der Waals surface area contributed by atoms with Crippen LogP contribution in [0.25, 0.3) is 11.1 Å². The van der Waals surface area contributed by atoms with E-state index in [1.54, 1.807) is 20.2 Å². The van der Waals surface area contributed by atoms with Crippen molar-refractivity contribution in [1.82, 2.24) is 5.43 Å². The number of rotatable bonds is 7. The third kappa shape index (κ3) is 5.20. The molecule has 0 aliphatic carbocycles. The number of nitrogens with one attached hydrogen (secondary N) is 1. The number of carbonyl (C=O) groups is 1. The lowest BCUT2D eigenvalue weighted by Crippen LogP contribution is -2.33. The monoisotopic (exact) mass is 374 g/mol. The van der Waals surface area contributed by atoms with E-state index in [2.05, 4.69) is 10.5 Å². The highest BCUT2D eigenvalue weighted by atomic mass is 16.5. The van der Waals surface area contributed by atoms with E-state index in [1.165, 1.54) is 0 Å². The summed E-state index contributed by atoms with van der Waals surface area (Å²) >= 11 is 0. The molecule has 5 nitrogen and oxygen atoms in total. The van der Waals surface area contributed by atoms with Crippen molar-refractivity contribution in [3.05, 3.63) is 84.4 Å². The Hall–Kier alpha value is -3.60. The highest BCUT2D eigenvalue weighted by Gasteiger charge is 2.13. The second kappa shape index (κ2) is 9.37. The van der Waals surface area contributed by atoms with Gasteiger partial charge in [0.05, 0.1) is 13.3 Å². The second-order valence-corrected chi connectivity index (χ2v) is 6.16. The molecule has 0 aliphatic heterocycles. The predicted molar refractivity (Wildman–Crippen MR) is 111 cm³/mol. The highest BCUT2D eigenvalue weighted by molar-refractivity contribution is 5.84. The van der Waals surface area contributed by atoms with E-state index in [-0.39, 0.29) is 5.91 Å². The smallest absolute Gasteiger partial charge is 0.280 e. The summed E-state index contributed by atoms with van der Waals surface area (Å²) in [6.07, 6.45) is 0.897. The number of methoxy groups -OCH3 is 1. The second-order valence-electron chi connectivity index (χ2n) is 6.16. The van der Waals surface area contributed by atoms with Crippen LogP contribution in [0.2, 0.25) is 0 Å². The molecule has 0 fully saturated rings. The molecule has 28 heavy (non-hydrogen) atoms. The van der Waals surface area contributed by atoms with E-state index < -0.39 is 6.10 Å². The van der Waals surface area contributed by atoms with Gasteiger partial charge in [-0.15, -0.1) is 0 Å². The van der Waals surface area contributed by atoms with Crippen LogP contribution in [0, 0.1) is 0 Å². The lowest BCUT2D eigenvalue weighted by atomic mass is 10.1. The maximum absolute atomic E-state index is 12.2. The van der Waals surface area contributed by atoms with Crippen molar-refractivity contribution in [3.8, 4) is 22.6 Å². The minimum atomic E-state index is -0.671. The fourth-order valence-corrected chi connectivity index (χ4v) is 2.57. The van der Waals surface area contributed by atoms with Gasteiger partial charge in [0.2, 0.25) is 0 Å². The maximum Gasteiger partial charge on any atom is 0.280 e. The maximum atomic E-state index is 12.2. The van der Waals surface area contributed by atoms with Gasteiger partial charge in [0.1, 0.15) is 11.5 Å². The number of amides is 1. The van der Waals surface area contributed by atoms with Crippen molar-refractivity contribution in [3.63, 3.8) is 0 Å². The minimum Gasteiger partial charge on any atom is -0.497 e. The third-order valence-corrected chi connectivity index (χ3v) is 4.15. The van der Waals surface area contributed by atoms with E-state index in [0.717, 1.165) is 22.4 Å². The molecule has 0 heterocycles. The number of hydrogen-bond acceptors (Lipinski definition) is 4. The molecule has 0 saturated carbocycles. The SMILES string of the molecule is COc1ccc(C=NNC(=O)C(C)Oc2ccc(-c3ccccc3)cc2)cc1. The third-order valence-electron chi connectivity index (χ3n) is 4.15. The average Bonchev–Trinajstić information content (AvgIpc) is 2.75. The van der Waals surface area contributed by atoms with Gasteiger partial charge in [0.15, 0.2) is 6.10 Å². The van der Waals surface area contributed by atoms with Crippen molar-refractivity contribution >= 4 is 12.1 Å². The van der Waals surface area contributed by atoms with Gasteiger partial charge in [0, 0.05) is 0 Å². The molecule has 1 unspecified atom stereocenters. The van der Waals surface area contributed by atoms with Crippen molar-refractivity contribution in [2.45, 2.75) is 13.0 Å². The summed E-state index contributed by atoms with van der Waals surface area (Å²) in [4.78, 5) is 12.2. The van der Waals surface area contributed by atoms with Crippen LogP contribution in [0.15, 0.2) is 84.0 Å². The Morgan fingerprint density at radius 1 is 0.893 bits per heavy atom. The summed E-state index contributed by atoms with van der Waals surface area (Å²) in [6.45, 7) is 1.68. The van der Waals surface area contributed by atoms with E-state index in [1.807, 2.05) is 78.9 Å². The van der Waals surface area contributed by atoms with Crippen LogP contribution in [0.3, 0.4) is 0 Å². The number of hydrogen-bond donors (Lipinski definition) is 1. The number of hydrazone groups is 1. The van der Waals surface area contributed by atoms with Crippen LogP contribution in [0.4, 0.5) is 0 Å². The summed E-state index contributed by atoms with van der Waals surface area (Å²) in [5, 5.41) is 3.97. The van der Waals surface area contributed by atoms with Crippen LogP contribution in [0.5, 0.6) is 11.5 Å². The average molecular weight is 374 g/mol. The van der Waals surface area contributed by atoms with Gasteiger partial charge in [-0.2, -0.15) is 5.10 Å². The molecule has 142 valence electrons. The van der Waals surface area contributed by atoms with Gasteiger partial charge in [-0.3, -0.25) is 4.79 Å². The Labute approximate surface area is 164 Å². The van der Waals surface area contributed by atoms with E-state index in [0.29, 0.717) is 5.75 Å². The molecule has 0 aliphatic rings. The minimum absolute atomic E-state index is 0.322. The molecule has 0 saturated heterocycles. The van der Waals surface area contributed by atoms with Gasteiger partial charge < -0.3 is 9.47 Å². The number of carbonyl (C=O) groups excluding carboxylic acids is 1. The van der Waals surface area contributed by atoms with Crippen molar-refractivity contribution in [2.75, 3.05) is 7.11 Å². The van der Waals surface area contributed by atoms with E-state index in [9.17, 15) is 4.79 Å². The van der Waals surface area contributed by atoms with Gasteiger partial charge >= 0.3 is 0 Å². The summed E-state index contributed by atoms with van der Waals surface area (Å²) in [7, 11) is 1.61. The molecule has 1 atom stereocenters. The van der Waals surface area contributed by atoms with Crippen molar-refractivity contribution < 1.29 is 14.3 Å².